The quantitative estimate of drug-likeness (QED) is 0.900. The van der Waals surface area contributed by atoms with Crippen LogP contribution in [0.25, 0.3) is 0 Å². The highest BCUT2D eigenvalue weighted by Crippen LogP contribution is 2.42. The van der Waals surface area contributed by atoms with Crippen LogP contribution in [0.15, 0.2) is 9.64 Å². The second-order valence-corrected chi connectivity index (χ2v) is 6.74. The van der Waals surface area contributed by atoms with Crippen molar-refractivity contribution in [2.45, 2.75) is 56.5 Å². The average molecular weight is 255 g/mol. The molecule has 5 heteroatoms. The van der Waals surface area contributed by atoms with E-state index >= 15 is 0 Å². The number of hydrogen-bond acceptors (Lipinski definition) is 5. The van der Waals surface area contributed by atoms with Crippen LogP contribution in [0.1, 0.15) is 39.0 Å². The monoisotopic (exact) mass is 255 g/mol. The topological polar surface area (TPSA) is 51.0 Å². The van der Waals surface area contributed by atoms with Gasteiger partial charge in [-0.1, -0.05) is 25.6 Å². The fraction of sp³-hybridized carbons (Fsp3) is 0.833. The van der Waals surface area contributed by atoms with E-state index in [1.54, 1.807) is 11.8 Å². The summed E-state index contributed by atoms with van der Waals surface area (Å²) in [7, 11) is 2.04. The van der Waals surface area contributed by atoms with Crippen LogP contribution < -0.4 is 5.32 Å². The number of aromatic nitrogens is 2. The van der Waals surface area contributed by atoms with Crippen molar-refractivity contribution in [2.75, 3.05) is 7.05 Å². The Morgan fingerprint density at radius 2 is 2.18 bits per heavy atom. The lowest BCUT2D eigenvalue weighted by atomic mass is 9.75. The van der Waals surface area contributed by atoms with Gasteiger partial charge in [0.15, 0.2) is 0 Å². The van der Waals surface area contributed by atoms with Gasteiger partial charge in [-0.15, -0.1) is 10.2 Å². The summed E-state index contributed by atoms with van der Waals surface area (Å²) in [6.45, 7) is 6.51. The van der Waals surface area contributed by atoms with Gasteiger partial charge in [-0.25, -0.2) is 0 Å². The highest BCUT2D eigenvalue weighted by molar-refractivity contribution is 7.99. The third-order valence-corrected chi connectivity index (χ3v) is 4.63. The Labute approximate surface area is 107 Å². The first-order valence-electron chi connectivity index (χ1n) is 6.14. The third-order valence-electron chi connectivity index (χ3n) is 3.47. The molecule has 0 spiro atoms. The molecule has 1 fully saturated rings. The maximum absolute atomic E-state index is 5.46. The van der Waals surface area contributed by atoms with Crippen LogP contribution in [-0.4, -0.2) is 28.5 Å². The standard InChI is InChI=1S/C12H21N3OS/c1-8-14-15-11(16-8)17-10-7-12(2,3)6-5-9(10)13-4/h9-10,13H,5-7H2,1-4H3. The first-order chi connectivity index (χ1) is 8.00. The van der Waals surface area contributed by atoms with E-state index in [-0.39, 0.29) is 0 Å². The largest absolute Gasteiger partial charge is 0.416 e. The lowest BCUT2D eigenvalue weighted by Crippen LogP contribution is -2.43. The number of hydrogen-bond donors (Lipinski definition) is 1. The number of nitrogens with one attached hydrogen (secondary N) is 1. The predicted octanol–water partition coefficient (Wildman–Crippen LogP) is 2.64. The Hall–Kier alpha value is -0.550. The van der Waals surface area contributed by atoms with Crippen LogP contribution in [0.3, 0.4) is 0 Å². The Morgan fingerprint density at radius 3 is 2.76 bits per heavy atom. The van der Waals surface area contributed by atoms with Crippen molar-refractivity contribution < 1.29 is 4.42 Å². The van der Waals surface area contributed by atoms with Gasteiger partial charge in [0.1, 0.15) is 0 Å². The minimum atomic E-state index is 0.417. The van der Waals surface area contributed by atoms with Crippen LogP contribution in [0.5, 0.6) is 0 Å². The fourth-order valence-corrected chi connectivity index (χ4v) is 3.92. The third kappa shape index (κ3) is 3.22. The highest BCUT2D eigenvalue weighted by atomic mass is 32.2. The zero-order valence-corrected chi connectivity index (χ0v) is 11.8. The van der Waals surface area contributed by atoms with Crippen LogP contribution in [-0.2, 0) is 0 Å². The molecule has 0 saturated heterocycles. The number of thioether (sulfide) groups is 1. The molecule has 1 aromatic rings. The molecule has 1 aliphatic carbocycles. The molecule has 17 heavy (non-hydrogen) atoms. The first-order valence-corrected chi connectivity index (χ1v) is 7.02. The van der Waals surface area contributed by atoms with Crippen LogP contribution in [0, 0.1) is 12.3 Å². The van der Waals surface area contributed by atoms with Gasteiger partial charge in [-0.05, 0) is 31.7 Å². The molecule has 2 unspecified atom stereocenters. The molecule has 0 radical (unpaired) electrons. The molecule has 0 bridgehead atoms. The molecule has 1 heterocycles. The molecule has 96 valence electrons. The van der Waals surface area contributed by atoms with E-state index in [0.717, 1.165) is 0 Å². The van der Waals surface area contributed by atoms with E-state index in [9.17, 15) is 0 Å². The molecule has 0 amide bonds. The Balaban J connectivity index is 2.05. The minimum absolute atomic E-state index is 0.417. The van der Waals surface area contributed by atoms with Gasteiger partial charge >= 0.3 is 0 Å². The summed E-state index contributed by atoms with van der Waals surface area (Å²) in [4.78, 5) is 0. The minimum Gasteiger partial charge on any atom is -0.416 e. The van der Waals surface area contributed by atoms with Crippen molar-refractivity contribution in [3.63, 3.8) is 0 Å². The lowest BCUT2D eigenvalue weighted by Gasteiger charge is -2.39. The molecule has 1 aromatic heterocycles. The van der Waals surface area contributed by atoms with Gasteiger partial charge < -0.3 is 9.73 Å². The van der Waals surface area contributed by atoms with Gasteiger partial charge in [0, 0.05) is 18.2 Å². The molecule has 1 N–H and O–H groups in total. The van der Waals surface area contributed by atoms with E-state index in [4.69, 9.17) is 4.42 Å². The molecule has 1 aliphatic rings. The first kappa shape index (κ1) is 12.9. The average Bonchev–Trinajstić information content (AvgIpc) is 2.63. The smallest absolute Gasteiger partial charge is 0.276 e. The van der Waals surface area contributed by atoms with E-state index in [1.807, 2.05) is 14.0 Å². The second kappa shape index (κ2) is 4.98. The van der Waals surface area contributed by atoms with Crippen molar-refractivity contribution in [1.82, 2.24) is 15.5 Å². The Morgan fingerprint density at radius 1 is 1.41 bits per heavy atom. The molecular formula is C12H21N3OS. The molecule has 4 nitrogen and oxygen atoms in total. The molecule has 2 atom stereocenters. The van der Waals surface area contributed by atoms with E-state index in [1.165, 1.54) is 19.3 Å². The summed E-state index contributed by atoms with van der Waals surface area (Å²) in [5, 5.41) is 12.6. The van der Waals surface area contributed by atoms with E-state index in [0.29, 0.717) is 27.8 Å². The lowest BCUT2D eigenvalue weighted by molar-refractivity contribution is 0.218. The molecular weight excluding hydrogens is 234 g/mol. The van der Waals surface area contributed by atoms with E-state index < -0.39 is 0 Å². The predicted molar refractivity (Wildman–Crippen MR) is 69.2 cm³/mol. The van der Waals surface area contributed by atoms with Gasteiger partial charge in [-0.2, -0.15) is 0 Å². The zero-order valence-electron chi connectivity index (χ0n) is 11.0. The van der Waals surface area contributed by atoms with Gasteiger partial charge in [-0.3, -0.25) is 0 Å². The van der Waals surface area contributed by atoms with Crippen molar-refractivity contribution in [2.24, 2.45) is 5.41 Å². The maximum atomic E-state index is 5.46. The summed E-state index contributed by atoms with van der Waals surface area (Å²) < 4.78 is 5.46. The summed E-state index contributed by atoms with van der Waals surface area (Å²) in [5.41, 5.74) is 0.417. The Bertz CT molecular complexity index is 378. The molecule has 0 aliphatic heterocycles. The van der Waals surface area contributed by atoms with Crippen molar-refractivity contribution >= 4 is 11.8 Å². The number of rotatable bonds is 3. The van der Waals surface area contributed by atoms with Gasteiger partial charge in [0.25, 0.3) is 5.22 Å². The normalized spacial score (nSPS) is 28.2. The molecule has 2 rings (SSSR count). The van der Waals surface area contributed by atoms with Crippen molar-refractivity contribution in [3.05, 3.63) is 5.89 Å². The zero-order chi connectivity index (χ0) is 12.5. The molecule has 0 aromatic carbocycles. The Kier molecular flexibility index (Phi) is 3.78. The maximum Gasteiger partial charge on any atom is 0.276 e. The van der Waals surface area contributed by atoms with Gasteiger partial charge in [0.05, 0.1) is 0 Å². The van der Waals surface area contributed by atoms with Crippen LogP contribution in [0.4, 0.5) is 0 Å². The second-order valence-electron chi connectivity index (χ2n) is 5.55. The SMILES string of the molecule is CNC1CCC(C)(C)CC1Sc1nnc(C)o1. The number of aryl methyl sites for hydroxylation is 1. The number of nitrogens with zero attached hydrogens (tertiary/aromatic N) is 2. The van der Waals surface area contributed by atoms with Crippen LogP contribution >= 0.6 is 11.8 Å². The van der Waals surface area contributed by atoms with Crippen molar-refractivity contribution in [1.29, 1.82) is 0 Å². The van der Waals surface area contributed by atoms with E-state index in [2.05, 4.69) is 29.4 Å². The van der Waals surface area contributed by atoms with Crippen molar-refractivity contribution in [3.8, 4) is 0 Å². The van der Waals surface area contributed by atoms with Gasteiger partial charge in [0.2, 0.25) is 5.89 Å². The highest BCUT2D eigenvalue weighted by Gasteiger charge is 2.35. The summed E-state index contributed by atoms with van der Waals surface area (Å²) >= 11 is 1.72. The summed E-state index contributed by atoms with van der Waals surface area (Å²) in [6, 6.07) is 0.542. The summed E-state index contributed by atoms with van der Waals surface area (Å²) in [5.74, 6) is 0.642. The molecule has 1 saturated carbocycles. The summed E-state index contributed by atoms with van der Waals surface area (Å²) in [6.07, 6.45) is 3.68. The van der Waals surface area contributed by atoms with Crippen LogP contribution in [0.2, 0.25) is 0 Å². The fourth-order valence-electron chi connectivity index (χ4n) is 2.43.